The molecule has 18 heavy (non-hydrogen) atoms. The van der Waals surface area contributed by atoms with Gasteiger partial charge >= 0.3 is 0 Å². The van der Waals surface area contributed by atoms with Crippen molar-refractivity contribution in [1.29, 1.82) is 0 Å². The van der Waals surface area contributed by atoms with E-state index in [0.29, 0.717) is 22.1 Å². The summed E-state index contributed by atoms with van der Waals surface area (Å²) in [5, 5.41) is 3.46. The van der Waals surface area contributed by atoms with Gasteiger partial charge in [0, 0.05) is 18.2 Å². The third-order valence-electron chi connectivity index (χ3n) is 2.68. The second kappa shape index (κ2) is 4.90. The highest BCUT2D eigenvalue weighted by atomic mass is 35.5. The Kier molecular flexibility index (Phi) is 3.48. The van der Waals surface area contributed by atoms with Crippen molar-refractivity contribution in [3.63, 3.8) is 0 Å². The van der Waals surface area contributed by atoms with Crippen molar-refractivity contribution in [1.82, 2.24) is 9.97 Å². The second-order valence-electron chi connectivity index (χ2n) is 3.97. The lowest BCUT2D eigenvalue weighted by Crippen LogP contribution is -2.03. The van der Waals surface area contributed by atoms with Gasteiger partial charge in [0.2, 0.25) is 0 Å². The number of nitrogens with one attached hydrogen (secondary N) is 1. The minimum absolute atomic E-state index is 0.337. The predicted molar refractivity (Wildman–Crippen MR) is 71.5 cm³/mol. The summed E-state index contributed by atoms with van der Waals surface area (Å²) in [5.74, 6) is 0.995. The summed E-state index contributed by atoms with van der Waals surface area (Å²) in [7, 11) is 1.78. The first kappa shape index (κ1) is 12.8. The van der Waals surface area contributed by atoms with Crippen LogP contribution in [0.3, 0.4) is 0 Å². The van der Waals surface area contributed by atoms with Crippen LogP contribution in [-0.4, -0.2) is 17.0 Å². The summed E-state index contributed by atoms with van der Waals surface area (Å²) < 4.78 is 13.3. The van der Waals surface area contributed by atoms with Crippen LogP contribution in [0.5, 0.6) is 0 Å². The Hall–Kier alpha value is -1.68. The molecule has 0 bridgehead atoms. The first-order valence-electron chi connectivity index (χ1n) is 5.51. The van der Waals surface area contributed by atoms with E-state index in [1.165, 1.54) is 18.2 Å². The molecule has 5 heteroatoms. The number of halogens is 2. The Morgan fingerprint density at radius 1 is 1.22 bits per heavy atom. The van der Waals surface area contributed by atoms with Crippen LogP contribution in [0.1, 0.15) is 11.4 Å². The average Bonchev–Trinajstić information content (AvgIpc) is 2.35. The molecule has 3 nitrogen and oxygen atoms in total. The molecule has 0 fully saturated rings. The highest BCUT2D eigenvalue weighted by Gasteiger charge is 2.13. The molecule has 0 unspecified atom stereocenters. The van der Waals surface area contributed by atoms with Gasteiger partial charge in [-0.3, -0.25) is 0 Å². The summed E-state index contributed by atoms with van der Waals surface area (Å²) >= 11 is 6.10. The summed E-state index contributed by atoms with van der Waals surface area (Å²) in [4.78, 5) is 8.62. The molecule has 0 aliphatic rings. The molecule has 0 aliphatic heterocycles. The lowest BCUT2D eigenvalue weighted by molar-refractivity contribution is 0.628. The molecule has 2 aromatic rings. The fraction of sp³-hybridized carbons (Fsp3) is 0.231. The number of anilines is 1. The minimum Gasteiger partial charge on any atom is -0.373 e. The van der Waals surface area contributed by atoms with Crippen molar-refractivity contribution in [2.45, 2.75) is 13.8 Å². The fourth-order valence-corrected chi connectivity index (χ4v) is 2.02. The quantitative estimate of drug-likeness (QED) is 0.902. The average molecular weight is 266 g/mol. The summed E-state index contributed by atoms with van der Waals surface area (Å²) in [6, 6.07) is 4.24. The molecule has 1 heterocycles. The lowest BCUT2D eigenvalue weighted by Gasteiger charge is -2.12. The molecule has 1 aromatic carbocycles. The molecule has 1 N–H and O–H groups in total. The van der Waals surface area contributed by atoms with Gasteiger partial charge in [-0.15, -0.1) is 0 Å². The van der Waals surface area contributed by atoms with E-state index in [1.54, 1.807) is 14.0 Å². The third kappa shape index (κ3) is 2.29. The van der Waals surface area contributed by atoms with Crippen LogP contribution in [0, 0.1) is 19.7 Å². The lowest BCUT2D eigenvalue weighted by atomic mass is 10.1. The highest BCUT2D eigenvalue weighted by molar-refractivity contribution is 6.33. The van der Waals surface area contributed by atoms with Crippen molar-refractivity contribution in [3.8, 4) is 11.3 Å². The summed E-state index contributed by atoms with van der Waals surface area (Å²) in [5.41, 5.74) is 2.07. The molecule has 2 rings (SSSR count). The van der Waals surface area contributed by atoms with E-state index < -0.39 is 0 Å². The third-order valence-corrected chi connectivity index (χ3v) is 3.01. The zero-order valence-corrected chi connectivity index (χ0v) is 11.1. The van der Waals surface area contributed by atoms with Crippen LogP contribution in [0.15, 0.2) is 18.2 Å². The normalized spacial score (nSPS) is 10.5. The standard InChI is InChI=1S/C13H13ClFN3/c1-7-12(17-8(2)18-13(7)16-3)10-6-9(15)4-5-11(10)14/h4-6H,1-3H3,(H,16,17,18). The number of aromatic nitrogens is 2. The van der Waals surface area contributed by atoms with E-state index in [0.717, 1.165) is 11.4 Å². The smallest absolute Gasteiger partial charge is 0.132 e. The van der Waals surface area contributed by atoms with Gasteiger partial charge in [0.1, 0.15) is 17.5 Å². The van der Waals surface area contributed by atoms with Crippen molar-refractivity contribution in [2.24, 2.45) is 0 Å². The monoisotopic (exact) mass is 265 g/mol. The molecule has 0 saturated heterocycles. The van der Waals surface area contributed by atoms with Gasteiger partial charge in [-0.1, -0.05) is 11.6 Å². The zero-order valence-electron chi connectivity index (χ0n) is 10.4. The van der Waals surface area contributed by atoms with Crippen LogP contribution in [0.25, 0.3) is 11.3 Å². The van der Waals surface area contributed by atoms with Gasteiger partial charge in [-0.05, 0) is 32.0 Å². The zero-order chi connectivity index (χ0) is 13.3. The minimum atomic E-state index is -0.337. The molecule has 0 atom stereocenters. The van der Waals surface area contributed by atoms with Crippen LogP contribution in [0.4, 0.5) is 10.2 Å². The molecule has 0 spiro atoms. The number of rotatable bonds is 2. The van der Waals surface area contributed by atoms with Gasteiger partial charge in [-0.2, -0.15) is 0 Å². The van der Waals surface area contributed by atoms with Crippen LogP contribution >= 0.6 is 11.6 Å². The Balaban J connectivity index is 2.70. The van der Waals surface area contributed by atoms with E-state index >= 15 is 0 Å². The molecule has 0 radical (unpaired) electrons. The van der Waals surface area contributed by atoms with Crippen molar-refractivity contribution in [3.05, 3.63) is 40.4 Å². The van der Waals surface area contributed by atoms with E-state index in [4.69, 9.17) is 11.6 Å². The van der Waals surface area contributed by atoms with Crippen molar-refractivity contribution < 1.29 is 4.39 Å². The van der Waals surface area contributed by atoms with Crippen LogP contribution in [0.2, 0.25) is 5.02 Å². The SMILES string of the molecule is CNc1nc(C)nc(-c2cc(F)ccc2Cl)c1C. The number of hydrogen-bond acceptors (Lipinski definition) is 3. The molecule has 0 amide bonds. The predicted octanol–water partition coefficient (Wildman–Crippen LogP) is 3.59. The number of nitrogens with zero attached hydrogens (tertiary/aromatic N) is 2. The largest absolute Gasteiger partial charge is 0.373 e. The van der Waals surface area contributed by atoms with Gasteiger partial charge < -0.3 is 5.32 Å². The van der Waals surface area contributed by atoms with Gasteiger partial charge in [0.05, 0.1) is 10.7 Å². The van der Waals surface area contributed by atoms with E-state index in [9.17, 15) is 4.39 Å². The van der Waals surface area contributed by atoms with E-state index in [1.807, 2.05) is 6.92 Å². The Morgan fingerprint density at radius 2 is 1.94 bits per heavy atom. The van der Waals surface area contributed by atoms with Gasteiger partial charge in [0.15, 0.2) is 0 Å². The first-order valence-corrected chi connectivity index (χ1v) is 5.89. The maximum Gasteiger partial charge on any atom is 0.132 e. The molecule has 0 aliphatic carbocycles. The number of hydrogen-bond donors (Lipinski definition) is 1. The van der Waals surface area contributed by atoms with E-state index in [-0.39, 0.29) is 5.82 Å². The van der Waals surface area contributed by atoms with Crippen molar-refractivity contribution in [2.75, 3.05) is 12.4 Å². The van der Waals surface area contributed by atoms with Crippen molar-refractivity contribution >= 4 is 17.4 Å². The topological polar surface area (TPSA) is 37.8 Å². The molecular weight excluding hydrogens is 253 g/mol. The number of benzene rings is 1. The Bertz CT molecular complexity index is 599. The van der Waals surface area contributed by atoms with Crippen LogP contribution < -0.4 is 5.32 Å². The molecule has 0 saturated carbocycles. The summed E-state index contributed by atoms with van der Waals surface area (Å²) in [6.07, 6.45) is 0. The highest BCUT2D eigenvalue weighted by Crippen LogP contribution is 2.31. The Morgan fingerprint density at radius 3 is 2.61 bits per heavy atom. The molecule has 94 valence electrons. The maximum atomic E-state index is 13.3. The second-order valence-corrected chi connectivity index (χ2v) is 4.37. The maximum absolute atomic E-state index is 13.3. The van der Waals surface area contributed by atoms with Crippen LogP contribution in [-0.2, 0) is 0 Å². The van der Waals surface area contributed by atoms with Gasteiger partial charge in [-0.25, -0.2) is 14.4 Å². The number of aryl methyl sites for hydroxylation is 1. The Labute approximate surface area is 110 Å². The molecular formula is C13H13ClFN3. The first-order chi connectivity index (χ1) is 8.52. The summed E-state index contributed by atoms with van der Waals surface area (Å²) in [6.45, 7) is 3.67. The molecule has 1 aromatic heterocycles. The fourth-order valence-electron chi connectivity index (χ4n) is 1.81. The van der Waals surface area contributed by atoms with Gasteiger partial charge in [0.25, 0.3) is 0 Å². The van der Waals surface area contributed by atoms with E-state index in [2.05, 4.69) is 15.3 Å².